The number of carbonyl (C=O) groups excluding carboxylic acids is 1. The fourth-order valence-electron chi connectivity index (χ4n) is 4.28. The Balaban J connectivity index is 4.16. The van der Waals surface area contributed by atoms with Crippen molar-refractivity contribution >= 4 is 13.8 Å². The molecule has 256 valence electrons. The van der Waals surface area contributed by atoms with Gasteiger partial charge in [-0.15, -0.1) is 0 Å². The molecule has 0 aliphatic heterocycles. The van der Waals surface area contributed by atoms with Crippen molar-refractivity contribution in [1.82, 2.24) is 0 Å². The summed E-state index contributed by atoms with van der Waals surface area (Å²) in [5.41, 5.74) is 5.33. The van der Waals surface area contributed by atoms with Gasteiger partial charge in [-0.2, -0.15) is 0 Å². The first-order chi connectivity index (χ1) is 21.4. The summed E-state index contributed by atoms with van der Waals surface area (Å²) >= 11 is 0. The topological polar surface area (TPSA) is 117 Å². The van der Waals surface area contributed by atoms with Gasteiger partial charge in [-0.1, -0.05) is 120 Å². The Hall–Kier alpha value is -1.54. The molecule has 0 aliphatic rings. The lowest BCUT2D eigenvalue weighted by molar-refractivity contribution is -0.154. The third-order valence-corrected chi connectivity index (χ3v) is 7.74. The Kier molecular flexibility index (Phi) is 31.7. The highest BCUT2D eigenvalue weighted by atomic mass is 31.2. The van der Waals surface area contributed by atoms with E-state index < -0.39 is 13.9 Å². The van der Waals surface area contributed by atoms with Gasteiger partial charge in [0.25, 0.3) is 0 Å². The van der Waals surface area contributed by atoms with E-state index in [1.165, 1.54) is 38.5 Å². The van der Waals surface area contributed by atoms with E-state index in [0.717, 1.165) is 70.6 Å². The van der Waals surface area contributed by atoms with Gasteiger partial charge in [-0.25, -0.2) is 4.57 Å². The highest BCUT2D eigenvalue weighted by Gasteiger charge is 2.25. The maximum Gasteiger partial charge on any atom is 0.472 e. The average Bonchev–Trinajstić information content (AvgIpc) is 3.01. The second-order valence-electron chi connectivity index (χ2n) is 11.0. The number of phosphoric acid groups is 1. The molecule has 3 N–H and O–H groups in total. The van der Waals surface area contributed by atoms with Crippen LogP contribution in [0.2, 0.25) is 0 Å². The molecule has 0 saturated carbocycles. The van der Waals surface area contributed by atoms with Crippen molar-refractivity contribution in [2.45, 2.75) is 136 Å². The minimum atomic E-state index is -4.27. The maximum atomic E-state index is 12.5. The minimum Gasteiger partial charge on any atom is -0.457 e. The molecule has 0 radical (unpaired) electrons. The van der Waals surface area contributed by atoms with Crippen LogP contribution >= 0.6 is 7.82 Å². The average molecular weight is 642 g/mol. The lowest BCUT2D eigenvalue weighted by Crippen LogP contribution is -2.28. The number of unbranched alkanes of at least 4 members (excludes halogenated alkanes) is 11. The number of rotatable bonds is 32. The van der Waals surface area contributed by atoms with Crippen LogP contribution in [0.5, 0.6) is 0 Å². The standard InChI is InChI=1S/C35H64NO7P/c1-3-5-7-9-11-13-14-15-16-17-18-19-20-21-22-24-26-28-35(37)43-34(33-42-44(38,39)41-31-29-36)32-40-30-27-25-23-12-10-8-6-4-2/h5,7,11,13,15-16,18-19,34H,3-4,6,8-10,12,14,17,20-33,36H2,1-2H3,(H,38,39)/b7-5-,13-11-,16-15-,19-18-. The van der Waals surface area contributed by atoms with Crippen LogP contribution in [0.4, 0.5) is 0 Å². The zero-order chi connectivity index (χ0) is 32.4. The molecule has 44 heavy (non-hydrogen) atoms. The van der Waals surface area contributed by atoms with Crippen LogP contribution < -0.4 is 5.73 Å². The van der Waals surface area contributed by atoms with E-state index in [-0.39, 0.29) is 32.3 Å². The van der Waals surface area contributed by atoms with Crippen LogP contribution in [0.1, 0.15) is 129 Å². The summed E-state index contributed by atoms with van der Waals surface area (Å²) in [6, 6.07) is 0. The first kappa shape index (κ1) is 42.5. The SMILES string of the molecule is CC/C=C\C/C=C\C/C=C\C/C=C\CCCCCCC(=O)OC(COCCCCCCCCCC)COP(=O)(O)OCCN. The third kappa shape index (κ3) is 31.9. The van der Waals surface area contributed by atoms with Gasteiger partial charge in [0.15, 0.2) is 0 Å². The number of allylic oxidation sites excluding steroid dienone is 8. The van der Waals surface area contributed by atoms with Crippen LogP contribution in [0.15, 0.2) is 48.6 Å². The van der Waals surface area contributed by atoms with E-state index >= 15 is 0 Å². The third-order valence-electron chi connectivity index (χ3n) is 6.76. The molecule has 0 heterocycles. The molecule has 0 bridgehead atoms. The highest BCUT2D eigenvalue weighted by Crippen LogP contribution is 2.43. The number of nitrogens with two attached hydrogens (primary N) is 1. The Labute approximate surface area is 269 Å². The van der Waals surface area contributed by atoms with Crippen LogP contribution in [0, 0.1) is 0 Å². The minimum absolute atomic E-state index is 0.0947. The first-order valence-electron chi connectivity index (χ1n) is 17.1. The van der Waals surface area contributed by atoms with Gasteiger partial charge >= 0.3 is 13.8 Å². The number of ether oxygens (including phenoxy) is 2. The van der Waals surface area contributed by atoms with Gasteiger partial charge in [-0.3, -0.25) is 13.8 Å². The summed E-state index contributed by atoms with van der Waals surface area (Å²) in [5, 5.41) is 0. The molecular weight excluding hydrogens is 577 g/mol. The quantitative estimate of drug-likeness (QED) is 0.0323. The van der Waals surface area contributed by atoms with E-state index in [1.54, 1.807) is 0 Å². The number of carbonyl (C=O) groups is 1. The molecule has 0 fully saturated rings. The highest BCUT2D eigenvalue weighted by molar-refractivity contribution is 7.47. The Morgan fingerprint density at radius 3 is 1.91 bits per heavy atom. The van der Waals surface area contributed by atoms with Crippen LogP contribution in [0.3, 0.4) is 0 Å². The van der Waals surface area contributed by atoms with E-state index in [0.29, 0.717) is 13.0 Å². The first-order valence-corrected chi connectivity index (χ1v) is 18.6. The monoisotopic (exact) mass is 641 g/mol. The summed E-state index contributed by atoms with van der Waals surface area (Å²) < 4.78 is 33.1. The predicted octanol–water partition coefficient (Wildman–Crippen LogP) is 9.29. The second-order valence-corrected chi connectivity index (χ2v) is 12.5. The normalized spacial score (nSPS) is 14.4. The van der Waals surface area contributed by atoms with Gasteiger partial charge in [0.05, 0.1) is 19.8 Å². The molecule has 0 amide bonds. The number of phosphoric ester groups is 1. The molecule has 2 atom stereocenters. The molecule has 0 saturated heterocycles. The fraction of sp³-hybridized carbons (Fsp3) is 0.743. The molecule has 0 aromatic rings. The molecule has 0 aromatic carbocycles. The largest absolute Gasteiger partial charge is 0.472 e. The van der Waals surface area contributed by atoms with E-state index in [1.807, 2.05) is 0 Å². The summed E-state index contributed by atoms with van der Waals surface area (Å²) in [5.74, 6) is -0.358. The Morgan fingerprint density at radius 1 is 0.705 bits per heavy atom. The van der Waals surface area contributed by atoms with Gasteiger partial charge < -0.3 is 20.1 Å². The van der Waals surface area contributed by atoms with E-state index in [9.17, 15) is 14.3 Å². The molecule has 0 aliphatic carbocycles. The summed E-state index contributed by atoms with van der Waals surface area (Å²) in [6.07, 6.45) is 35.5. The number of hydrogen-bond acceptors (Lipinski definition) is 7. The molecule has 2 unspecified atom stereocenters. The van der Waals surface area contributed by atoms with Gasteiger partial charge in [0.2, 0.25) is 0 Å². The maximum absolute atomic E-state index is 12.5. The van der Waals surface area contributed by atoms with Crippen molar-refractivity contribution in [3.05, 3.63) is 48.6 Å². The Morgan fingerprint density at radius 2 is 1.27 bits per heavy atom. The van der Waals surface area contributed by atoms with E-state index in [4.69, 9.17) is 24.3 Å². The predicted molar refractivity (Wildman–Crippen MR) is 182 cm³/mol. The Bertz CT molecular complexity index is 813. The molecular formula is C35H64NO7P. The molecule has 9 heteroatoms. The van der Waals surface area contributed by atoms with Crippen molar-refractivity contribution in [1.29, 1.82) is 0 Å². The van der Waals surface area contributed by atoms with Crippen molar-refractivity contribution in [2.75, 3.05) is 33.0 Å². The zero-order valence-electron chi connectivity index (χ0n) is 27.9. The smallest absolute Gasteiger partial charge is 0.457 e. The van der Waals surface area contributed by atoms with Crippen molar-refractivity contribution in [2.24, 2.45) is 5.73 Å². The van der Waals surface area contributed by atoms with Crippen molar-refractivity contribution in [3.8, 4) is 0 Å². The number of hydrogen-bond donors (Lipinski definition) is 2. The molecule has 8 nitrogen and oxygen atoms in total. The molecule has 0 aromatic heterocycles. The van der Waals surface area contributed by atoms with Gasteiger partial charge in [0.1, 0.15) is 6.10 Å². The van der Waals surface area contributed by atoms with Crippen molar-refractivity contribution in [3.63, 3.8) is 0 Å². The van der Waals surface area contributed by atoms with E-state index in [2.05, 4.69) is 62.5 Å². The summed E-state index contributed by atoms with van der Waals surface area (Å²) in [7, 11) is -4.27. The lowest BCUT2D eigenvalue weighted by atomic mass is 10.1. The lowest BCUT2D eigenvalue weighted by Gasteiger charge is -2.20. The summed E-state index contributed by atoms with van der Waals surface area (Å²) in [6.45, 7) is 4.72. The fourth-order valence-corrected chi connectivity index (χ4v) is 5.04. The second kappa shape index (κ2) is 32.8. The van der Waals surface area contributed by atoms with Crippen LogP contribution in [0.25, 0.3) is 0 Å². The zero-order valence-corrected chi connectivity index (χ0v) is 28.8. The number of esters is 1. The van der Waals surface area contributed by atoms with Crippen LogP contribution in [-0.2, 0) is 27.9 Å². The summed E-state index contributed by atoms with van der Waals surface area (Å²) in [4.78, 5) is 22.3. The molecule has 0 spiro atoms. The van der Waals surface area contributed by atoms with Gasteiger partial charge in [-0.05, 0) is 51.4 Å². The molecule has 0 rings (SSSR count). The van der Waals surface area contributed by atoms with Crippen molar-refractivity contribution < 1.29 is 32.8 Å². The van der Waals surface area contributed by atoms with Gasteiger partial charge in [0, 0.05) is 19.6 Å². The van der Waals surface area contributed by atoms with Crippen LogP contribution in [-0.4, -0.2) is 49.9 Å².